The van der Waals surface area contributed by atoms with E-state index >= 15 is 0 Å². The Morgan fingerprint density at radius 3 is 2.36 bits per heavy atom. The highest BCUT2D eigenvalue weighted by molar-refractivity contribution is 5.94. The smallest absolute Gasteiger partial charge is 0.319 e. The lowest BCUT2D eigenvalue weighted by Gasteiger charge is -2.10. The van der Waals surface area contributed by atoms with E-state index in [4.69, 9.17) is 0 Å². The lowest BCUT2D eigenvalue weighted by atomic mass is 10.2. The fraction of sp³-hybridized carbons (Fsp3) is 0.316. The fourth-order valence-electron chi connectivity index (χ4n) is 2.45. The van der Waals surface area contributed by atoms with Crippen LogP contribution in [-0.4, -0.2) is 30.0 Å². The molecule has 9 heteroatoms. The minimum Gasteiger partial charge on any atom is -0.334 e. The monoisotopic (exact) mass is 425 g/mol. The van der Waals surface area contributed by atoms with Crippen LogP contribution in [0.5, 0.6) is 0 Å². The van der Waals surface area contributed by atoms with E-state index in [1.807, 2.05) is 12.1 Å². The summed E-state index contributed by atoms with van der Waals surface area (Å²) >= 11 is 0. The molecule has 3 amide bonds. The first-order chi connectivity index (χ1) is 12.7. The van der Waals surface area contributed by atoms with Gasteiger partial charge in [0.25, 0.3) is 0 Å². The molecule has 0 aliphatic heterocycles. The number of carbonyl (C=O) groups is 2. The van der Waals surface area contributed by atoms with E-state index < -0.39 is 0 Å². The Morgan fingerprint density at radius 2 is 1.68 bits per heavy atom. The predicted octanol–water partition coefficient (Wildman–Crippen LogP) is 3.19. The minimum absolute atomic E-state index is 0. The molecule has 0 atom stereocenters. The van der Waals surface area contributed by atoms with Gasteiger partial charge in [-0.3, -0.25) is 9.78 Å². The van der Waals surface area contributed by atoms with Crippen molar-refractivity contribution in [2.24, 2.45) is 5.92 Å². The van der Waals surface area contributed by atoms with Gasteiger partial charge in [-0.25, -0.2) is 4.79 Å². The molecule has 3 rings (SSSR count). The highest BCUT2D eigenvalue weighted by Crippen LogP contribution is 2.27. The van der Waals surface area contributed by atoms with Gasteiger partial charge in [-0.05, 0) is 61.2 Å². The van der Waals surface area contributed by atoms with Crippen molar-refractivity contribution in [3.05, 3.63) is 54.4 Å². The molecule has 28 heavy (non-hydrogen) atoms. The largest absolute Gasteiger partial charge is 0.334 e. The van der Waals surface area contributed by atoms with Gasteiger partial charge in [0.05, 0.1) is 6.54 Å². The molecule has 1 fully saturated rings. The number of rotatable bonds is 8. The number of hydrogen-bond donors (Lipinski definition) is 4. The van der Waals surface area contributed by atoms with Gasteiger partial charge in [-0.1, -0.05) is 6.07 Å². The molecule has 0 radical (unpaired) electrons. The molecule has 4 N–H and O–H groups in total. The first-order valence-electron chi connectivity index (χ1n) is 8.73. The molecule has 2 aromatic rings. The van der Waals surface area contributed by atoms with Crippen molar-refractivity contribution >= 4 is 48.1 Å². The third-order valence-corrected chi connectivity index (χ3v) is 4.02. The third kappa shape index (κ3) is 8.56. The lowest BCUT2D eigenvalue weighted by Crippen LogP contribution is -2.29. The van der Waals surface area contributed by atoms with Gasteiger partial charge >= 0.3 is 6.03 Å². The van der Waals surface area contributed by atoms with Gasteiger partial charge < -0.3 is 21.3 Å². The first-order valence-corrected chi connectivity index (χ1v) is 8.73. The summed E-state index contributed by atoms with van der Waals surface area (Å²) in [6.07, 6.45) is 5.87. The van der Waals surface area contributed by atoms with Crippen LogP contribution in [0, 0.1) is 5.92 Å². The zero-order valence-corrected chi connectivity index (χ0v) is 16.9. The van der Waals surface area contributed by atoms with Crippen LogP contribution in [0.25, 0.3) is 0 Å². The normalized spacial score (nSPS) is 12.1. The number of pyridine rings is 1. The molecular weight excluding hydrogens is 401 g/mol. The van der Waals surface area contributed by atoms with E-state index in [9.17, 15) is 9.59 Å². The maximum atomic E-state index is 12.0. The summed E-state index contributed by atoms with van der Waals surface area (Å²) < 4.78 is 0. The molecule has 1 aliphatic carbocycles. The average molecular weight is 426 g/mol. The summed E-state index contributed by atoms with van der Waals surface area (Å²) in [6, 6.07) is 10.4. The van der Waals surface area contributed by atoms with E-state index in [1.165, 1.54) is 12.8 Å². The molecule has 1 aromatic heterocycles. The summed E-state index contributed by atoms with van der Waals surface area (Å²) in [5.74, 6) is 0.644. The summed E-state index contributed by atoms with van der Waals surface area (Å²) in [4.78, 5) is 27.9. The second-order valence-corrected chi connectivity index (χ2v) is 6.37. The molecule has 0 bridgehead atoms. The zero-order valence-electron chi connectivity index (χ0n) is 15.3. The molecule has 7 nitrogen and oxygen atoms in total. The van der Waals surface area contributed by atoms with Gasteiger partial charge in [0.2, 0.25) is 5.91 Å². The van der Waals surface area contributed by atoms with Crippen molar-refractivity contribution in [3.63, 3.8) is 0 Å². The number of hydrogen-bond acceptors (Lipinski definition) is 4. The molecule has 0 spiro atoms. The molecule has 0 saturated heterocycles. The standard InChI is InChI=1S/C19H23N5O2.2ClH/c25-18(13-21-11-14-4-5-14)23-16-2-1-3-17(10-16)24-19(26)22-12-15-6-8-20-9-7-15;;/h1-3,6-10,14,21H,4-5,11-13H2,(H,23,25)(H2,22,24,26);2*1H. The van der Waals surface area contributed by atoms with Crippen molar-refractivity contribution in [1.29, 1.82) is 0 Å². The van der Waals surface area contributed by atoms with Crippen LogP contribution < -0.4 is 21.3 Å². The predicted molar refractivity (Wildman–Crippen MR) is 115 cm³/mol. The van der Waals surface area contributed by atoms with Gasteiger partial charge in [-0.15, -0.1) is 24.8 Å². The number of carbonyl (C=O) groups excluding carboxylic acids is 2. The maximum absolute atomic E-state index is 12.0. The Balaban J connectivity index is 0.00000196. The van der Waals surface area contributed by atoms with Crippen LogP contribution in [0.1, 0.15) is 18.4 Å². The Kier molecular flexibility index (Phi) is 10.3. The number of benzene rings is 1. The number of nitrogens with zero attached hydrogens (tertiary/aromatic N) is 1. The maximum Gasteiger partial charge on any atom is 0.319 e. The van der Waals surface area contributed by atoms with Gasteiger partial charge in [0.15, 0.2) is 0 Å². The third-order valence-electron chi connectivity index (χ3n) is 4.02. The van der Waals surface area contributed by atoms with E-state index in [0.717, 1.165) is 18.0 Å². The van der Waals surface area contributed by atoms with Crippen LogP contribution in [0.2, 0.25) is 0 Å². The van der Waals surface area contributed by atoms with Crippen LogP contribution >= 0.6 is 24.8 Å². The zero-order chi connectivity index (χ0) is 18.2. The van der Waals surface area contributed by atoms with Gasteiger partial charge in [0.1, 0.15) is 0 Å². The number of anilines is 2. The van der Waals surface area contributed by atoms with Crippen molar-refractivity contribution in [1.82, 2.24) is 15.6 Å². The number of halogens is 2. The topological polar surface area (TPSA) is 95.2 Å². The highest BCUT2D eigenvalue weighted by Gasteiger charge is 2.20. The molecular formula is C19H25Cl2N5O2. The highest BCUT2D eigenvalue weighted by atomic mass is 35.5. The molecule has 1 heterocycles. The Bertz CT molecular complexity index is 757. The lowest BCUT2D eigenvalue weighted by molar-refractivity contribution is -0.115. The van der Waals surface area contributed by atoms with Crippen LogP contribution in [-0.2, 0) is 11.3 Å². The van der Waals surface area contributed by atoms with Crippen molar-refractivity contribution in [2.75, 3.05) is 23.7 Å². The van der Waals surface area contributed by atoms with E-state index in [2.05, 4.69) is 26.3 Å². The fourth-order valence-corrected chi connectivity index (χ4v) is 2.45. The van der Waals surface area contributed by atoms with Crippen molar-refractivity contribution in [2.45, 2.75) is 19.4 Å². The van der Waals surface area contributed by atoms with E-state index in [1.54, 1.807) is 36.7 Å². The van der Waals surface area contributed by atoms with Crippen LogP contribution in [0.15, 0.2) is 48.8 Å². The molecule has 1 aliphatic rings. The van der Waals surface area contributed by atoms with Crippen molar-refractivity contribution < 1.29 is 9.59 Å². The summed E-state index contributed by atoms with van der Waals surface area (Å²) in [5, 5.41) is 11.5. The second kappa shape index (κ2) is 12.2. The molecule has 1 saturated carbocycles. The Hall–Kier alpha value is -2.35. The Morgan fingerprint density at radius 1 is 1.00 bits per heavy atom. The van der Waals surface area contributed by atoms with Crippen molar-refractivity contribution in [3.8, 4) is 0 Å². The van der Waals surface area contributed by atoms with Gasteiger partial charge in [0, 0.05) is 30.3 Å². The summed E-state index contributed by atoms with van der Waals surface area (Å²) in [7, 11) is 0. The van der Waals surface area contributed by atoms with Crippen LogP contribution in [0.3, 0.4) is 0 Å². The number of urea groups is 1. The van der Waals surface area contributed by atoms with Gasteiger partial charge in [-0.2, -0.15) is 0 Å². The summed E-state index contributed by atoms with van der Waals surface area (Å²) in [5.41, 5.74) is 2.23. The average Bonchev–Trinajstić information content (AvgIpc) is 3.45. The minimum atomic E-state index is -0.309. The number of aromatic nitrogens is 1. The SMILES string of the molecule is Cl.Cl.O=C(CNCC1CC1)Nc1cccc(NC(=O)NCc2ccncc2)c1. The second-order valence-electron chi connectivity index (χ2n) is 6.37. The number of amides is 3. The van der Waals surface area contributed by atoms with E-state index in [0.29, 0.717) is 24.5 Å². The quantitative estimate of drug-likeness (QED) is 0.522. The molecule has 1 aromatic carbocycles. The molecule has 152 valence electrons. The summed E-state index contributed by atoms with van der Waals surface area (Å²) in [6.45, 7) is 1.60. The van der Waals surface area contributed by atoms with E-state index in [-0.39, 0.29) is 36.8 Å². The van der Waals surface area contributed by atoms with Crippen LogP contribution in [0.4, 0.5) is 16.2 Å². The molecule has 0 unspecified atom stereocenters. The number of nitrogens with one attached hydrogen (secondary N) is 4. The Labute approximate surface area is 176 Å². The first kappa shape index (κ1) is 23.7.